The molecule has 1 aromatic carbocycles. The Morgan fingerprint density at radius 2 is 2.24 bits per heavy atom. The fourth-order valence-corrected chi connectivity index (χ4v) is 1.33. The maximum absolute atomic E-state index is 13.4. The minimum Gasteiger partial charge on any atom is -0.494 e. The molecule has 17 heavy (non-hydrogen) atoms. The topological polar surface area (TPSA) is 49.8 Å². The zero-order valence-electron chi connectivity index (χ0n) is 10.1. The van der Waals surface area contributed by atoms with E-state index in [1.54, 1.807) is 14.0 Å². The van der Waals surface area contributed by atoms with Crippen LogP contribution >= 0.6 is 0 Å². The van der Waals surface area contributed by atoms with E-state index in [4.69, 9.17) is 9.84 Å². The van der Waals surface area contributed by atoms with Crippen LogP contribution in [-0.4, -0.2) is 42.7 Å². The Kier molecular flexibility index (Phi) is 4.45. The van der Waals surface area contributed by atoms with Crippen LogP contribution in [0.4, 0.5) is 4.39 Å². The molecule has 1 atom stereocenters. The molecule has 1 N–H and O–H groups in total. The van der Waals surface area contributed by atoms with Crippen molar-refractivity contribution < 1.29 is 19.0 Å². The molecule has 0 fully saturated rings. The van der Waals surface area contributed by atoms with Gasteiger partial charge in [0.05, 0.1) is 19.8 Å². The summed E-state index contributed by atoms with van der Waals surface area (Å²) >= 11 is 0. The number of ether oxygens (including phenoxy) is 1. The molecular weight excluding hydrogens is 225 g/mol. The number of halogens is 1. The molecule has 0 bridgehead atoms. The van der Waals surface area contributed by atoms with E-state index < -0.39 is 5.82 Å². The average Bonchev–Trinajstić information content (AvgIpc) is 2.35. The molecule has 0 saturated heterocycles. The van der Waals surface area contributed by atoms with Crippen LogP contribution < -0.4 is 4.74 Å². The van der Waals surface area contributed by atoms with Gasteiger partial charge >= 0.3 is 0 Å². The largest absolute Gasteiger partial charge is 0.494 e. The first-order chi connectivity index (χ1) is 8.01. The summed E-state index contributed by atoms with van der Waals surface area (Å²) in [5.41, 5.74) is 0.228. The van der Waals surface area contributed by atoms with E-state index in [1.807, 2.05) is 0 Å². The van der Waals surface area contributed by atoms with Gasteiger partial charge in [-0.25, -0.2) is 4.39 Å². The van der Waals surface area contributed by atoms with Gasteiger partial charge in [0.25, 0.3) is 5.91 Å². The lowest BCUT2D eigenvalue weighted by atomic mass is 10.1. The molecule has 4 nitrogen and oxygen atoms in total. The Bertz CT molecular complexity index is 409. The lowest BCUT2D eigenvalue weighted by Crippen LogP contribution is -2.37. The summed E-state index contributed by atoms with van der Waals surface area (Å²) in [5, 5.41) is 8.95. The standard InChI is InChI=1S/C12H16FNO3/c1-8(7-15)14(2)12(16)9-4-5-11(17-3)10(13)6-9/h4-6,8,15H,7H2,1-3H3. The number of nitrogens with zero attached hydrogens (tertiary/aromatic N) is 1. The predicted molar refractivity (Wildman–Crippen MR) is 61.6 cm³/mol. The lowest BCUT2D eigenvalue weighted by Gasteiger charge is -2.23. The summed E-state index contributed by atoms with van der Waals surface area (Å²) in [5.74, 6) is -0.823. The van der Waals surface area contributed by atoms with E-state index in [9.17, 15) is 9.18 Å². The fraction of sp³-hybridized carbons (Fsp3) is 0.417. The summed E-state index contributed by atoms with van der Waals surface area (Å²) in [4.78, 5) is 13.3. The molecule has 0 aliphatic carbocycles. The maximum atomic E-state index is 13.4. The third-order valence-corrected chi connectivity index (χ3v) is 2.64. The number of likely N-dealkylation sites (N-methyl/N-ethyl adjacent to an activating group) is 1. The van der Waals surface area contributed by atoms with E-state index in [0.717, 1.165) is 6.07 Å². The highest BCUT2D eigenvalue weighted by Crippen LogP contribution is 2.18. The number of aliphatic hydroxyl groups excluding tert-OH is 1. The second-order valence-corrected chi connectivity index (χ2v) is 3.80. The van der Waals surface area contributed by atoms with Crippen LogP contribution in [0.3, 0.4) is 0 Å². The highest BCUT2D eigenvalue weighted by Gasteiger charge is 2.18. The summed E-state index contributed by atoms with van der Waals surface area (Å²) < 4.78 is 18.2. The smallest absolute Gasteiger partial charge is 0.254 e. The van der Waals surface area contributed by atoms with Crippen LogP contribution in [0.15, 0.2) is 18.2 Å². The quantitative estimate of drug-likeness (QED) is 0.864. The predicted octanol–water partition coefficient (Wildman–Crippen LogP) is 1.29. The minimum atomic E-state index is -0.580. The molecular formula is C12H16FNO3. The highest BCUT2D eigenvalue weighted by molar-refractivity contribution is 5.94. The molecule has 0 spiro atoms. The minimum absolute atomic E-state index is 0.0967. The van der Waals surface area contributed by atoms with Crippen molar-refractivity contribution in [2.45, 2.75) is 13.0 Å². The first-order valence-electron chi connectivity index (χ1n) is 5.22. The van der Waals surface area contributed by atoms with Crippen molar-refractivity contribution in [3.8, 4) is 5.75 Å². The van der Waals surface area contributed by atoms with Crippen LogP contribution in [-0.2, 0) is 0 Å². The number of amides is 1. The van der Waals surface area contributed by atoms with Gasteiger partial charge in [-0.1, -0.05) is 0 Å². The van der Waals surface area contributed by atoms with Crippen molar-refractivity contribution in [3.63, 3.8) is 0 Å². The SMILES string of the molecule is COc1ccc(C(=O)N(C)C(C)CO)cc1F. The lowest BCUT2D eigenvalue weighted by molar-refractivity contribution is 0.0681. The van der Waals surface area contributed by atoms with Crippen molar-refractivity contribution in [1.82, 2.24) is 4.90 Å². The average molecular weight is 241 g/mol. The van der Waals surface area contributed by atoms with Gasteiger partial charge in [0.15, 0.2) is 11.6 Å². The van der Waals surface area contributed by atoms with Gasteiger partial charge in [0.2, 0.25) is 0 Å². The number of hydrogen-bond acceptors (Lipinski definition) is 3. The van der Waals surface area contributed by atoms with E-state index in [0.29, 0.717) is 0 Å². The molecule has 0 aliphatic heterocycles. The van der Waals surface area contributed by atoms with Crippen LogP contribution in [0.2, 0.25) is 0 Å². The highest BCUT2D eigenvalue weighted by atomic mass is 19.1. The van der Waals surface area contributed by atoms with Crippen LogP contribution in [0.1, 0.15) is 17.3 Å². The van der Waals surface area contributed by atoms with Crippen LogP contribution in [0, 0.1) is 5.82 Å². The van der Waals surface area contributed by atoms with Gasteiger partial charge in [-0.05, 0) is 25.1 Å². The number of hydrogen-bond donors (Lipinski definition) is 1. The van der Waals surface area contributed by atoms with Crippen molar-refractivity contribution in [1.29, 1.82) is 0 Å². The molecule has 0 radical (unpaired) electrons. The van der Waals surface area contributed by atoms with Gasteiger partial charge in [0.1, 0.15) is 0 Å². The molecule has 0 aliphatic rings. The molecule has 1 rings (SSSR count). The molecule has 1 amide bonds. The summed E-state index contributed by atoms with van der Waals surface area (Å²) in [6.07, 6.45) is 0. The van der Waals surface area contributed by atoms with Crippen LogP contribution in [0.25, 0.3) is 0 Å². The second kappa shape index (κ2) is 5.63. The van der Waals surface area contributed by atoms with Crippen molar-refractivity contribution >= 4 is 5.91 Å². The van der Waals surface area contributed by atoms with Crippen LogP contribution in [0.5, 0.6) is 5.75 Å². The monoisotopic (exact) mass is 241 g/mol. The second-order valence-electron chi connectivity index (χ2n) is 3.80. The molecule has 5 heteroatoms. The number of aliphatic hydroxyl groups is 1. The molecule has 94 valence electrons. The van der Waals surface area contributed by atoms with E-state index in [-0.39, 0.29) is 29.9 Å². The molecule has 0 saturated carbocycles. The molecule has 1 unspecified atom stereocenters. The molecule has 1 aromatic rings. The zero-order valence-corrected chi connectivity index (χ0v) is 10.1. The normalized spacial score (nSPS) is 12.1. The Morgan fingerprint density at radius 3 is 2.71 bits per heavy atom. The Balaban J connectivity index is 2.93. The van der Waals surface area contributed by atoms with Crippen molar-refractivity contribution in [2.24, 2.45) is 0 Å². The third-order valence-electron chi connectivity index (χ3n) is 2.64. The van der Waals surface area contributed by atoms with Gasteiger partial charge in [-0.3, -0.25) is 4.79 Å². The van der Waals surface area contributed by atoms with E-state index in [1.165, 1.54) is 24.1 Å². The van der Waals surface area contributed by atoms with Gasteiger partial charge < -0.3 is 14.7 Å². The van der Waals surface area contributed by atoms with E-state index >= 15 is 0 Å². The number of methoxy groups -OCH3 is 1. The summed E-state index contributed by atoms with van der Waals surface area (Å²) in [7, 11) is 2.92. The first kappa shape index (κ1) is 13.4. The maximum Gasteiger partial charge on any atom is 0.254 e. The van der Waals surface area contributed by atoms with Crippen molar-refractivity contribution in [2.75, 3.05) is 20.8 Å². The summed E-state index contributed by atoms with van der Waals surface area (Å²) in [6.45, 7) is 1.57. The number of rotatable bonds is 4. The fourth-order valence-electron chi connectivity index (χ4n) is 1.33. The molecule has 0 aromatic heterocycles. The van der Waals surface area contributed by atoms with Gasteiger partial charge in [-0.15, -0.1) is 0 Å². The van der Waals surface area contributed by atoms with Gasteiger partial charge in [-0.2, -0.15) is 0 Å². The Hall–Kier alpha value is -1.62. The number of carbonyl (C=O) groups is 1. The molecule has 0 heterocycles. The zero-order chi connectivity index (χ0) is 13.0. The Morgan fingerprint density at radius 1 is 1.59 bits per heavy atom. The van der Waals surface area contributed by atoms with Gasteiger partial charge in [0, 0.05) is 12.6 Å². The number of carbonyl (C=O) groups excluding carboxylic acids is 1. The Labute approximate surface area is 99.6 Å². The van der Waals surface area contributed by atoms with E-state index in [2.05, 4.69) is 0 Å². The summed E-state index contributed by atoms with van der Waals surface area (Å²) in [6, 6.07) is 3.71. The first-order valence-corrected chi connectivity index (χ1v) is 5.22. The number of benzene rings is 1. The van der Waals surface area contributed by atoms with Crippen molar-refractivity contribution in [3.05, 3.63) is 29.6 Å². The third kappa shape index (κ3) is 2.94.